The molecule has 2 aliphatic rings. The number of allylic oxidation sites excluding steroid dienone is 3. The van der Waals surface area contributed by atoms with Gasteiger partial charge >= 0.3 is 0 Å². The average molecular weight is 788 g/mol. The minimum Gasteiger partial charge on any atom is -0.508 e. The number of hydrogen-bond donors (Lipinski definition) is 2. The first-order chi connectivity index (χ1) is 25.2. The standard InChI is InChI=1S/C39H35BrN2O9S/c1-2-27(6-3-19-51-35-30-13-11-26(43)22-33(30)52-36(35)24-7-9-25(40)10-8-24)49-20-4-17-48-18-5-21-50-28-12-14-29-31(23-28)39(47)42(38(29)46)32-15-16-34(44)41-37(32)45/h2-3,6-14,19,22-23,32,43H,1,4-5,15-18,20-21H2,(H,41,44,45)/b19-3+,27-6+. The summed E-state index contributed by atoms with van der Waals surface area (Å²) in [6, 6.07) is 16.8. The van der Waals surface area contributed by atoms with E-state index in [-0.39, 0.29) is 29.7 Å². The number of aromatic hydroxyl groups is 1. The number of carbonyl (C=O) groups excluding carboxylic acids is 4. The highest BCUT2D eigenvalue weighted by Crippen LogP contribution is 2.45. The number of piperidine rings is 1. The molecule has 1 saturated heterocycles. The Bertz CT molecular complexity index is 2070. The van der Waals surface area contributed by atoms with Crippen molar-refractivity contribution in [2.24, 2.45) is 0 Å². The van der Waals surface area contributed by atoms with E-state index in [1.165, 1.54) is 12.1 Å². The minimum atomic E-state index is -1.01. The first-order valence-electron chi connectivity index (χ1n) is 16.6. The van der Waals surface area contributed by atoms with Crippen LogP contribution in [-0.2, 0) is 19.1 Å². The summed E-state index contributed by atoms with van der Waals surface area (Å²) in [6.45, 7) is 5.52. The Labute approximate surface area is 312 Å². The third-order valence-corrected chi connectivity index (χ3v) is 9.99. The number of carbonyl (C=O) groups is 4. The van der Waals surface area contributed by atoms with Gasteiger partial charge in [-0.15, -0.1) is 11.3 Å². The summed E-state index contributed by atoms with van der Waals surface area (Å²) in [6.07, 6.45) is 8.13. The van der Waals surface area contributed by atoms with Crippen LogP contribution in [0.4, 0.5) is 0 Å². The number of amides is 4. The van der Waals surface area contributed by atoms with E-state index in [0.29, 0.717) is 56.5 Å². The molecule has 3 heterocycles. The lowest BCUT2D eigenvalue weighted by atomic mass is 10.0. The van der Waals surface area contributed by atoms with Gasteiger partial charge in [0.15, 0.2) is 5.75 Å². The first-order valence-corrected chi connectivity index (χ1v) is 18.2. The quantitative estimate of drug-likeness (QED) is 0.0519. The lowest BCUT2D eigenvalue weighted by Gasteiger charge is -2.27. The van der Waals surface area contributed by atoms with Crippen LogP contribution in [0.3, 0.4) is 0 Å². The van der Waals surface area contributed by atoms with Crippen LogP contribution in [0.15, 0.2) is 102 Å². The van der Waals surface area contributed by atoms with Crippen molar-refractivity contribution in [3.05, 3.63) is 113 Å². The van der Waals surface area contributed by atoms with Gasteiger partial charge < -0.3 is 24.1 Å². The van der Waals surface area contributed by atoms with Crippen molar-refractivity contribution in [3.63, 3.8) is 0 Å². The molecule has 2 aliphatic heterocycles. The molecule has 0 radical (unpaired) electrons. The zero-order chi connectivity index (χ0) is 36.6. The van der Waals surface area contributed by atoms with Crippen molar-refractivity contribution in [1.82, 2.24) is 10.2 Å². The van der Waals surface area contributed by atoms with Crippen molar-refractivity contribution in [1.29, 1.82) is 0 Å². The summed E-state index contributed by atoms with van der Waals surface area (Å²) >= 11 is 5.03. The Hall–Kier alpha value is -5.24. The van der Waals surface area contributed by atoms with E-state index in [2.05, 4.69) is 27.8 Å². The smallest absolute Gasteiger partial charge is 0.262 e. The molecule has 4 aromatic rings. The van der Waals surface area contributed by atoms with Crippen molar-refractivity contribution in [3.8, 4) is 27.7 Å². The number of nitrogens with one attached hydrogen (secondary N) is 1. The molecular weight excluding hydrogens is 752 g/mol. The van der Waals surface area contributed by atoms with Gasteiger partial charge in [-0.1, -0.05) is 34.6 Å². The number of fused-ring (bicyclic) bond motifs is 2. The zero-order valence-electron chi connectivity index (χ0n) is 28.0. The Kier molecular flexibility index (Phi) is 11.8. The van der Waals surface area contributed by atoms with Gasteiger partial charge in [0.05, 0.1) is 35.5 Å². The Morgan fingerprint density at radius 2 is 1.73 bits per heavy atom. The van der Waals surface area contributed by atoms with Crippen molar-refractivity contribution < 1.29 is 43.2 Å². The molecule has 1 fully saturated rings. The molecule has 1 unspecified atom stereocenters. The third-order valence-electron chi connectivity index (χ3n) is 8.28. The third kappa shape index (κ3) is 8.44. The fraction of sp³-hybridized carbons (Fsp3) is 0.231. The van der Waals surface area contributed by atoms with E-state index in [1.54, 1.807) is 54.0 Å². The van der Waals surface area contributed by atoms with E-state index < -0.39 is 29.7 Å². The van der Waals surface area contributed by atoms with Crippen LogP contribution in [0, 0.1) is 0 Å². The largest absolute Gasteiger partial charge is 0.508 e. The fourth-order valence-electron chi connectivity index (χ4n) is 5.73. The fourth-order valence-corrected chi connectivity index (χ4v) is 7.17. The number of halogens is 1. The van der Waals surface area contributed by atoms with Crippen molar-refractivity contribution in [2.45, 2.75) is 31.7 Å². The second-order valence-corrected chi connectivity index (χ2v) is 13.8. The Morgan fingerprint density at radius 1 is 0.962 bits per heavy atom. The predicted octanol–water partition coefficient (Wildman–Crippen LogP) is 7.29. The summed E-state index contributed by atoms with van der Waals surface area (Å²) in [7, 11) is 0. The molecule has 13 heteroatoms. The highest BCUT2D eigenvalue weighted by atomic mass is 79.9. The molecule has 1 atom stereocenters. The summed E-state index contributed by atoms with van der Waals surface area (Å²) in [5, 5.41) is 13.1. The maximum Gasteiger partial charge on any atom is 0.262 e. The summed E-state index contributed by atoms with van der Waals surface area (Å²) < 4.78 is 25.3. The lowest BCUT2D eigenvalue weighted by Crippen LogP contribution is -2.54. The number of rotatable bonds is 16. The molecule has 11 nitrogen and oxygen atoms in total. The number of thiophene rings is 1. The van der Waals surface area contributed by atoms with E-state index in [4.69, 9.17) is 18.9 Å². The van der Waals surface area contributed by atoms with Gasteiger partial charge in [-0.05, 0) is 78.7 Å². The van der Waals surface area contributed by atoms with Crippen LogP contribution in [0.5, 0.6) is 17.2 Å². The van der Waals surface area contributed by atoms with Gasteiger partial charge in [-0.25, -0.2) is 0 Å². The summed E-state index contributed by atoms with van der Waals surface area (Å²) in [5.74, 6) is -0.300. The maximum atomic E-state index is 13.0. The van der Waals surface area contributed by atoms with Gasteiger partial charge in [0.2, 0.25) is 11.8 Å². The highest BCUT2D eigenvalue weighted by Gasteiger charge is 2.44. The van der Waals surface area contributed by atoms with Crippen molar-refractivity contribution in [2.75, 3.05) is 26.4 Å². The molecule has 268 valence electrons. The van der Waals surface area contributed by atoms with Crippen LogP contribution in [0.1, 0.15) is 46.4 Å². The van der Waals surface area contributed by atoms with Crippen LogP contribution in [0.25, 0.3) is 20.5 Å². The zero-order valence-corrected chi connectivity index (χ0v) is 30.4. The maximum absolute atomic E-state index is 13.0. The number of phenolic OH excluding ortho intramolecular Hbond substituents is 1. The van der Waals surface area contributed by atoms with Crippen LogP contribution < -0.4 is 14.8 Å². The van der Waals surface area contributed by atoms with E-state index in [1.807, 2.05) is 30.3 Å². The number of hydrogen-bond acceptors (Lipinski definition) is 10. The van der Waals surface area contributed by atoms with Gasteiger partial charge in [0, 0.05) is 47.0 Å². The predicted molar refractivity (Wildman–Crippen MR) is 199 cm³/mol. The number of phenols is 1. The molecule has 6 rings (SSSR count). The minimum absolute atomic E-state index is 0.0622. The first kappa shape index (κ1) is 36.5. The molecule has 1 aromatic heterocycles. The Balaban J connectivity index is 0.904. The monoisotopic (exact) mass is 786 g/mol. The second-order valence-electron chi connectivity index (χ2n) is 11.8. The SMILES string of the molecule is C=C/C(=C\C=C\Oc1c(-c2ccc(Br)cc2)sc2cc(O)ccc12)OCCCOCCCOc1ccc2c(c1)C(=O)N(C1CCC(=O)NC1=O)C2=O. The average Bonchev–Trinajstić information content (AvgIpc) is 3.61. The molecule has 0 aliphatic carbocycles. The normalized spacial score (nSPS) is 16.1. The molecular formula is C39H35BrN2O9S. The molecule has 4 amide bonds. The Morgan fingerprint density at radius 3 is 2.50 bits per heavy atom. The molecule has 52 heavy (non-hydrogen) atoms. The number of ether oxygens (including phenoxy) is 4. The molecule has 0 spiro atoms. The number of benzene rings is 3. The molecule has 3 aromatic carbocycles. The summed E-state index contributed by atoms with van der Waals surface area (Å²) in [4.78, 5) is 51.5. The van der Waals surface area contributed by atoms with E-state index in [0.717, 1.165) is 29.9 Å². The van der Waals surface area contributed by atoms with Crippen LogP contribution in [-0.4, -0.2) is 66.1 Å². The molecule has 2 N–H and O–H groups in total. The number of imide groups is 2. The molecule has 0 bridgehead atoms. The lowest BCUT2D eigenvalue weighted by molar-refractivity contribution is -0.136. The van der Waals surface area contributed by atoms with Gasteiger partial charge in [-0.3, -0.25) is 29.4 Å². The topological polar surface area (TPSA) is 141 Å². The van der Waals surface area contributed by atoms with Crippen LogP contribution in [0.2, 0.25) is 0 Å². The van der Waals surface area contributed by atoms with Gasteiger partial charge in [-0.2, -0.15) is 0 Å². The van der Waals surface area contributed by atoms with Crippen LogP contribution >= 0.6 is 27.3 Å². The van der Waals surface area contributed by atoms with Gasteiger partial charge in [0.1, 0.15) is 23.3 Å². The van der Waals surface area contributed by atoms with E-state index in [9.17, 15) is 24.3 Å². The highest BCUT2D eigenvalue weighted by molar-refractivity contribution is 9.10. The number of nitrogens with zero attached hydrogens (tertiary/aromatic N) is 1. The van der Waals surface area contributed by atoms with Gasteiger partial charge in [0.25, 0.3) is 11.8 Å². The summed E-state index contributed by atoms with van der Waals surface area (Å²) in [5.41, 5.74) is 1.38. The molecule has 0 saturated carbocycles. The van der Waals surface area contributed by atoms with E-state index >= 15 is 0 Å². The van der Waals surface area contributed by atoms with Crippen molar-refractivity contribution >= 4 is 61.0 Å². The second kappa shape index (κ2) is 16.9.